The molecular formula is C18H22N6O2S2. The van der Waals surface area contributed by atoms with Crippen LogP contribution in [0.4, 0.5) is 5.13 Å². The Kier molecular flexibility index (Phi) is 5.77. The van der Waals surface area contributed by atoms with E-state index in [0.29, 0.717) is 16.2 Å². The number of amides is 1. The van der Waals surface area contributed by atoms with Crippen LogP contribution in [0.5, 0.6) is 0 Å². The number of furan rings is 1. The highest BCUT2D eigenvalue weighted by Gasteiger charge is 2.21. The molecule has 0 bridgehead atoms. The summed E-state index contributed by atoms with van der Waals surface area (Å²) in [5, 5.41) is 21.9. The van der Waals surface area contributed by atoms with Gasteiger partial charge in [-0.1, -0.05) is 42.4 Å². The van der Waals surface area contributed by atoms with Crippen LogP contribution in [0.2, 0.25) is 0 Å². The summed E-state index contributed by atoms with van der Waals surface area (Å²) in [6.45, 7) is 1.88. The molecule has 1 amide bonds. The van der Waals surface area contributed by atoms with E-state index in [9.17, 15) is 4.79 Å². The van der Waals surface area contributed by atoms with E-state index < -0.39 is 0 Å². The highest BCUT2D eigenvalue weighted by molar-refractivity contribution is 7.99. The Balaban J connectivity index is 1.33. The van der Waals surface area contributed by atoms with Crippen LogP contribution in [-0.4, -0.2) is 36.6 Å². The lowest BCUT2D eigenvalue weighted by Gasteiger charge is -2.18. The fourth-order valence-corrected chi connectivity index (χ4v) is 5.02. The van der Waals surface area contributed by atoms with Crippen molar-refractivity contribution in [2.24, 2.45) is 7.05 Å². The van der Waals surface area contributed by atoms with Crippen LogP contribution in [0.15, 0.2) is 21.9 Å². The number of carbonyl (C=O) groups excluding carboxylic acids is 1. The van der Waals surface area contributed by atoms with Gasteiger partial charge in [-0.3, -0.25) is 10.1 Å². The second-order valence-corrected chi connectivity index (χ2v) is 8.82. The number of rotatable bonds is 6. The molecule has 1 aliphatic rings. The van der Waals surface area contributed by atoms with Gasteiger partial charge in [-0.05, 0) is 25.8 Å². The zero-order valence-corrected chi connectivity index (χ0v) is 17.5. The third-order valence-corrected chi connectivity index (χ3v) is 6.93. The molecule has 3 aromatic heterocycles. The Labute approximate surface area is 171 Å². The molecule has 0 spiro atoms. The lowest BCUT2D eigenvalue weighted by Crippen LogP contribution is -2.14. The molecule has 0 radical (unpaired) electrons. The molecule has 0 aliphatic heterocycles. The maximum Gasteiger partial charge on any atom is 0.236 e. The highest BCUT2D eigenvalue weighted by atomic mass is 32.2. The Bertz CT molecular complexity index is 957. The predicted octanol–water partition coefficient (Wildman–Crippen LogP) is 4.01. The van der Waals surface area contributed by atoms with Crippen molar-refractivity contribution in [3.05, 3.63) is 23.1 Å². The zero-order chi connectivity index (χ0) is 19.5. The van der Waals surface area contributed by atoms with Crippen LogP contribution in [0.25, 0.3) is 11.4 Å². The molecule has 1 aliphatic carbocycles. The summed E-state index contributed by atoms with van der Waals surface area (Å²) in [6.07, 6.45) is 7.77. The quantitative estimate of drug-likeness (QED) is 0.604. The molecule has 1 fully saturated rings. The number of carbonyl (C=O) groups is 1. The second kappa shape index (κ2) is 8.44. The van der Waals surface area contributed by atoms with Crippen molar-refractivity contribution in [3.63, 3.8) is 0 Å². The van der Waals surface area contributed by atoms with Gasteiger partial charge in [0.1, 0.15) is 10.8 Å². The number of anilines is 1. The van der Waals surface area contributed by atoms with Crippen molar-refractivity contribution in [1.82, 2.24) is 25.0 Å². The van der Waals surface area contributed by atoms with Gasteiger partial charge in [0.05, 0.1) is 17.6 Å². The number of aryl methyl sites for hydroxylation is 1. The first kappa shape index (κ1) is 19.1. The summed E-state index contributed by atoms with van der Waals surface area (Å²) >= 11 is 2.83. The summed E-state index contributed by atoms with van der Waals surface area (Å²) in [5.74, 6) is 2.11. The molecule has 0 saturated heterocycles. The lowest BCUT2D eigenvalue weighted by molar-refractivity contribution is -0.113. The molecule has 3 aromatic rings. The minimum Gasteiger partial charge on any atom is -0.469 e. The molecule has 0 aromatic carbocycles. The third-order valence-electron chi connectivity index (χ3n) is 4.91. The number of nitrogens with one attached hydrogen (secondary N) is 1. The van der Waals surface area contributed by atoms with Gasteiger partial charge in [0.25, 0.3) is 0 Å². The number of aromatic nitrogens is 5. The molecule has 3 heterocycles. The zero-order valence-electron chi connectivity index (χ0n) is 15.8. The molecule has 10 heteroatoms. The standard InChI is InChI=1S/C18H22N6O2S2/c1-11-13(8-9-26-11)15-20-23-18(24(15)2)27-10-14(25)19-17-22-21-16(28-17)12-6-4-3-5-7-12/h8-9,12H,3-7,10H2,1-2H3,(H,19,22,25). The first-order valence-electron chi connectivity index (χ1n) is 9.31. The van der Waals surface area contributed by atoms with Crippen molar-refractivity contribution < 1.29 is 9.21 Å². The van der Waals surface area contributed by atoms with Crippen LogP contribution < -0.4 is 5.32 Å². The lowest BCUT2D eigenvalue weighted by atomic mass is 9.90. The normalized spacial score (nSPS) is 15.1. The van der Waals surface area contributed by atoms with Crippen molar-refractivity contribution in [3.8, 4) is 11.4 Å². The van der Waals surface area contributed by atoms with Crippen LogP contribution in [0.3, 0.4) is 0 Å². The molecule has 0 atom stereocenters. The average Bonchev–Trinajstić information content (AvgIpc) is 3.42. The van der Waals surface area contributed by atoms with Crippen molar-refractivity contribution in [1.29, 1.82) is 0 Å². The third kappa shape index (κ3) is 4.12. The minimum absolute atomic E-state index is 0.125. The minimum atomic E-state index is -0.125. The van der Waals surface area contributed by atoms with Gasteiger partial charge < -0.3 is 8.98 Å². The van der Waals surface area contributed by atoms with Gasteiger partial charge in [-0.15, -0.1) is 20.4 Å². The number of hydrogen-bond donors (Lipinski definition) is 1. The van der Waals surface area contributed by atoms with E-state index >= 15 is 0 Å². The van der Waals surface area contributed by atoms with E-state index in [1.165, 1.54) is 55.2 Å². The van der Waals surface area contributed by atoms with Gasteiger partial charge in [-0.25, -0.2) is 0 Å². The molecule has 4 rings (SSSR count). The Morgan fingerprint density at radius 3 is 2.86 bits per heavy atom. The Hall–Kier alpha value is -2.20. The summed E-state index contributed by atoms with van der Waals surface area (Å²) in [7, 11) is 1.88. The Morgan fingerprint density at radius 1 is 1.29 bits per heavy atom. The number of hydrogen-bond acceptors (Lipinski definition) is 8. The SMILES string of the molecule is Cc1occc1-c1nnc(SCC(=O)Nc2nnc(C3CCCCC3)s2)n1C. The van der Waals surface area contributed by atoms with Gasteiger partial charge >= 0.3 is 0 Å². The first-order valence-corrected chi connectivity index (χ1v) is 11.1. The molecule has 0 unspecified atom stereocenters. The molecule has 8 nitrogen and oxygen atoms in total. The topological polar surface area (TPSA) is 98.7 Å². The van der Waals surface area contributed by atoms with Crippen LogP contribution in [0, 0.1) is 6.92 Å². The molecule has 1 N–H and O–H groups in total. The monoisotopic (exact) mass is 418 g/mol. The van der Waals surface area contributed by atoms with E-state index in [4.69, 9.17) is 4.42 Å². The van der Waals surface area contributed by atoms with E-state index in [1.54, 1.807) is 6.26 Å². The predicted molar refractivity (Wildman–Crippen MR) is 109 cm³/mol. The van der Waals surface area contributed by atoms with Crippen LogP contribution in [-0.2, 0) is 11.8 Å². The van der Waals surface area contributed by atoms with Crippen LogP contribution >= 0.6 is 23.1 Å². The molecule has 28 heavy (non-hydrogen) atoms. The molecular weight excluding hydrogens is 396 g/mol. The van der Waals surface area contributed by atoms with Gasteiger partial charge in [0, 0.05) is 13.0 Å². The highest BCUT2D eigenvalue weighted by Crippen LogP contribution is 2.35. The summed E-state index contributed by atoms with van der Waals surface area (Å²) in [5.41, 5.74) is 0.899. The van der Waals surface area contributed by atoms with Gasteiger partial charge in [-0.2, -0.15) is 0 Å². The first-order chi connectivity index (χ1) is 13.6. The summed E-state index contributed by atoms with van der Waals surface area (Å²) in [6, 6.07) is 1.86. The van der Waals surface area contributed by atoms with Crippen LogP contribution in [0.1, 0.15) is 48.8 Å². The fraction of sp³-hybridized carbons (Fsp3) is 0.500. The van der Waals surface area contributed by atoms with Gasteiger partial charge in [0.2, 0.25) is 11.0 Å². The van der Waals surface area contributed by atoms with Crippen molar-refractivity contribution in [2.75, 3.05) is 11.1 Å². The van der Waals surface area contributed by atoms with Crippen molar-refractivity contribution in [2.45, 2.75) is 50.1 Å². The van der Waals surface area contributed by atoms with E-state index in [0.717, 1.165) is 22.2 Å². The summed E-state index contributed by atoms with van der Waals surface area (Å²) < 4.78 is 7.19. The molecule has 148 valence electrons. The number of nitrogens with zero attached hydrogens (tertiary/aromatic N) is 5. The van der Waals surface area contributed by atoms with Gasteiger partial charge in [0.15, 0.2) is 11.0 Å². The number of thioether (sulfide) groups is 1. The largest absolute Gasteiger partial charge is 0.469 e. The maximum absolute atomic E-state index is 12.3. The Morgan fingerprint density at radius 2 is 2.11 bits per heavy atom. The maximum atomic E-state index is 12.3. The van der Waals surface area contributed by atoms with E-state index in [-0.39, 0.29) is 11.7 Å². The van der Waals surface area contributed by atoms with E-state index in [2.05, 4.69) is 25.7 Å². The van der Waals surface area contributed by atoms with Crippen molar-refractivity contribution >= 4 is 34.1 Å². The van der Waals surface area contributed by atoms with E-state index in [1.807, 2.05) is 24.6 Å². The molecule has 1 saturated carbocycles. The smallest absolute Gasteiger partial charge is 0.236 e. The second-order valence-electron chi connectivity index (χ2n) is 6.87. The fourth-order valence-electron chi connectivity index (χ4n) is 3.38. The summed E-state index contributed by atoms with van der Waals surface area (Å²) in [4.78, 5) is 12.3. The average molecular weight is 419 g/mol.